The molecule has 2 heteroatoms. The van der Waals surface area contributed by atoms with Gasteiger partial charge in [-0.2, -0.15) is 0 Å². The Bertz CT molecular complexity index is 4130. The lowest BCUT2D eigenvalue weighted by Gasteiger charge is -2.34. The Balaban J connectivity index is 0.919. The maximum Gasteiger partial charge on any atom is 0.145 e. The number of nitrogens with zero attached hydrogens (tertiary/aromatic N) is 1. The van der Waals surface area contributed by atoms with Gasteiger partial charge in [-0.1, -0.05) is 234 Å². The van der Waals surface area contributed by atoms with Crippen LogP contribution in [0.4, 0.5) is 17.1 Å². The molecule has 0 fully saturated rings. The third-order valence-electron chi connectivity index (χ3n) is 17.4. The van der Waals surface area contributed by atoms with Gasteiger partial charge in [-0.25, -0.2) is 0 Å². The molecule has 3 aliphatic rings. The minimum atomic E-state index is -0.530. The first-order valence-electron chi connectivity index (χ1n) is 26.4. The van der Waals surface area contributed by atoms with Gasteiger partial charge in [-0.05, 0) is 137 Å². The number of rotatable bonds is 7. The van der Waals surface area contributed by atoms with Crippen molar-refractivity contribution in [2.24, 2.45) is 0 Å². The van der Waals surface area contributed by atoms with Crippen molar-refractivity contribution in [3.63, 3.8) is 0 Å². The Hall–Kier alpha value is -8.98. The third kappa shape index (κ3) is 6.14. The molecule has 356 valence electrons. The SMILES string of the molecule is CC1(C)c2ccccc2-c2ccc(N(c3ccc4c(c3)C(C)(C)c3ccccc3-4)c3ccc(-c4ccc(C5(c6ccc(-c7ccccc7)cc6)c6ccccc6-c6ccccc65)cc4)c4oc5ccccc5c34)cc21. The normalized spacial score (nSPS) is 14.7. The standard InChI is InChI=1S/C73H53NO/c1-71(2)61-25-13-8-20-54(61)58-40-38-51(44-65(58)71)74(52-39-41-59-55-21-9-14-26-62(55)72(3,4)66(59)45-52)67-43-42-53(70-69(67)60-24-12-17-29-68(60)75-70)48-32-36-50(37-33-48)73(49-34-30-47(31-35-49)46-18-6-5-7-19-46)63-27-15-10-22-56(63)57-23-11-16-28-64(57)73/h5-45H,1-4H3. The molecule has 15 rings (SSSR count). The summed E-state index contributed by atoms with van der Waals surface area (Å²) in [6, 6.07) is 92.6. The zero-order valence-electron chi connectivity index (χ0n) is 42.5. The maximum atomic E-state index is 7.13. The van der Waals surface area contributed by atoms with Gasteiger partial charge in [0.1, 0.15) is 11.2 Å². The van der Waals surface area contributed by atoms with Crippen LogP contribution in [-0.2, 0) is 16.2 Å². The van der Waals surface area contributed by atoms with Crippen LogP contribution in [0.1, 0.15) is 72.2 Å². The molecule has 0 N–H and O–H groups in total. The first kappa shape index (κ1) is 43.6. The Labute approximate surface area is 438 Å². The summed E-state index contributed by atoms with van der Waals surface area (Å²) in [4.78, 5) is 2.50. The zero-order valence-corrected chi connectivity index (χ0v) is 42.5. The monoisotopic (exact) mass is 959 g/mol. The summed E-state index contributed by atoms with van der Waals surface area (Å²) in [5.41, 5.74) is 27.0. The Kier molecular flexibility index (Phi) is 9.30. The topological polar surface area (TPSA) is 16.4 Å². The highest BCUT2D eigenvalue weighted by Crippen LogP contribution is 2.58. The number of fused-ring (bicyclic) bond motifs is 12. The van der Waals surface area contributed by atoms with Gasteiger partial charge in [0.25, 0.3) is 0 Å². The molecule has 0 bridgehead atoms. The molecule has 0 atom stereocenters. The lowest BCUT2D eigenvalue weighted by atomic mass is 9.67. The van der Waals surface area contributed by atoms with E-state index >= 15 is 0 Å². The quantitative estimate of drug-likeness (QED) is 0.158. The molecule has 0 saturated heterocycles. The minimum absolute atomic E-state index is 0.171. The van der Waals surface area contributed by atoms with Crippen molar-refractivity contribution >= 4 is 39.0 Å². The van der Waals surface area contributed by atoms with Crippen LogP contribution < -0.4 is 4.90 Å². The predicted molar refractivity (Wildman–Crippen MR) is 312 cm³/mol. The summed E-state index contributed by atoms with van der Waals surface area (Å²) in [7, 11) is 0. The second kappa shape index (κ2) is 16.0. The Morgan fingerprint density at radius 2 is 0.733 bits per heavy atom. The van der Waals surface area contributed by atoms with E-state index in [0.717, 1.165) is 50.1 Å². The smallest absolute Gasteiger partial charge is 0.145 e. The van der Waals surface area contributed by atoms with Crippen LogP contribution in [0.15, 0.2) is 253 Å². The zero-order chi connectivity index (χ0) is 50.2. The van der Waals surface area contributed by atoms with Gasteiger partial charge >= 0.3 is 0 Å². The molecule has 0 amide bonds. The molecule has 12 aromatic rings. The molecule has 2 nitrogen and oxygen atoms in total. The average Bonchev–Trinajstić information content (AvgIpc) is 4.16. The first-order valence-corrected chi connectivity index (χ1v) is 26.4. The fourth-order valence-corrected chi connectivity index (χ4v) is 13.8. The second-order valence-corrected chi connectivity index (χ2v) is 21.9. The van der Waals surface area contributed by atoms with E-state index in [-0.39, 0.29) is 10.8 Å². The van der Waals surface area contributed by atoms with E-state index in [1.165, 1.54) is 89.0 Å². The van der Waals surface area contributed by atoms with E-state index in [1.54, 1.807) is 0 Å². The number of benzene rings is 11. The van der Waals surface area contributed by atoms with Crippen LogP contribution in [-0.4, -0.2) is 0 Å². The largest absolute Gasteiger partial charge is 0.455 e. The van der Waals surface area contributed by atoms with Crippen LogP contribution in [0.3, 0.4) is 0 Å². The number of hydrogen-bond donors (Lipinski definition) is 0. The number of anilines is 3. The molecule has 0 spiro atoms. The Morgan fingerprint density at radius 3 is 1.28 bits per heavy atom. The summed E-state index contributed by atoms with van der Waals surface area (Å²) < 4.78 is 7.13. The highest BCUT2D eigenvalue weighted by molar-refractivity contribution is 6.17. The molecule has 0 radical (unpaired) electrons. The van der Waals surface area contributed by atoms with Crippen LogP contribution in [0.2, 0.25) is 0 Å². The van der Waals surface area contributed by atoms with E-state index in [2.05, 4.69) is 281 Å². The molecule has 11 aromatic carbocycles. The minimum Gasteiger partial charge on any atom is -0.455 e. The van der Waals surface area contributed by atoms with Crippen LogP contribution in [0.5, 0.6) is 0 Å². The predicted octanol–water partition coefficient (Wildman–Crippen LogP) is 19.4. The van der Waals surface area contributed by atoms with Crippen LogP contribution in [0, 0.1) is 0 Å². The number of hydrogen-bond acceptors (Lipinski definition) is 2. The van der Waals surface area contributed by atoms with E-state index in [4.69, 9.17) is 4.42 Å². The average molecular weight is 960 g/mol. The van der Waals surface area contributed by atoms with Gasteiger partial charge in [0.2, 0.25) is 0 Å². The molecule has 0 saturated carbocycles. The summed E-state index contributed by atoms with van der Waals surface area (Å²) in [5.74, 6) is 0. The highest BCUT2D eigenvalue weighted by atomic mass is 16.3. The van der Waals surface area contributed by atoms with Crippen molar-refractivity contribution in [1.29, 1.82) is 0 Å². The fraction of sp³-hybridized carbons (Fsp3) is 0.0959. The van der Waals surface area contributed by atoms with Crippen LogP contribution >= 0.6 is 0 Å². The van der Waals surface area contributed by atoms with Crippen molar-refractivity contribution in [1.82, 2.24) is 0 Å². The molecule has 3 aliphatic carbocycles. The van der Waals surface area contributed by atoms with Gasteiger partial charge in [0.05, 0.1) is 16.5 Å². The summed E-state index contributed by atoms with van der Waals surface area (Å²) in [6.45, 7) is 9.49. The maximum absolute atomic E-state index is 7.13. The summed E-state index contributed by atoms with van der Waals surface area (Å²) in [5, 5.41) is 2.18. The van der Waals surface area contributed by atoms with Gasteiger partial charge in [0.15, 0.2) is 0 Å². The molecule has 0 unspecified atom stereocenters. The van der Waals surface area contributed by atoms with Crippen molar-refractivity contribution in [2.75, 3.05) is 4.90 Å². The van der Waals surface area contributed by atoms with E-state index in [0.29, 0.717) is 0 Å². The molecular weight excluding hydrogens is 907 g/mol. The molecule has 0 aliphatic heterocycles. The number of furan rings is 1. The molecular formula is C73H53NO. The van der Waals surface area contributed by atoms with Crippen molar-refractivity contribution in [2.45, 2.75) is 43.9 Å². The molecule has 75 heavy (non-hydrogen) atoms. The van der Waals surface area contributed by atoms with E-state index in [9.17, 15) is 0 Å². The van der Waals surface area contributed by atoms with Gasteiger partial charge in [-0.3, -0.25) is 0 Å². The van der Waals surface area contributed by atoms with Crippen molar-refractivity contribution in [3.8, 4) is 55.6 Å². The lowest BCUT2D eigenvalue weighted by Crippen LogP contribution is -2.28. The first-order chi connectivity index (χ1) is 36.7. The third-order valence-corrected chi connectivity index (χ3v) is 17.4. The highest BCUT2D eigenvalue weighted by Gasteiger charge is 2.46. The Morgan fingerprint density at radius 1 is 0.320 bits per heavy atom. The summed E-state index contributed by atoms with van der Waals surface area (Å²) >= 11 is 0. The van der Waals surface area contributed by atoms with Crippen molar-refractivity contribution < 1.29 is 4.42 Å². The molecule has 1 heterocycles. The van der Waals surface area contributed by atoms with Gasteiger partial charge < -0.3 is 9.32 Å². The van der Waals surface area contributed by atoms with Gasteiger partial charge in [-0.15, -0.1) is 0 Å². The van der Waals surface area contributed by atoms with Crippen molar-refractivity contribution in [3.05, 3.63) is 293 Å². The van der Waals surface area contributed by atoms with Gasteiger partial charge in [0, 0.05) is 33.2 Å². The summed E-state index contributed by atoms with van der Waals surface area (Å²) in [6.07, 6.45) is 0. The van der Waals surface area contributed by atoms with Crippen LogP contribution in [0.25, 0.3) is 77.6 Å². The fourth-order valence-electron chi connectivity index (χ4n) is 13.8. The lowest BCUT2D eigenvalue weighted by molar-refractivity contribution is 0.660. The van der Waals surface area contributed by atoms with E-state index < -0.39 is 5.41 Å². The second-order valence-electron chi connectivity index (χ2n) is 21.9. The number of para-hydroxylation sites is 1. The van der Waals surface area contributed by atoms with E-state index in [1.807, 2.05) is 0 Å². The molecule has 1 aromatic heterocycles.